The van der Waals surface area contributed by atoms with Gasteiger partial charge in [-0.05, 0) is 31.9 Å². The van der Waals surface area contributed by atoms with Crippen LogP contribution in [-0.4, -0.2) is 33.3 Å². The molecule has 27 heavy (non-hydrogen) atoms. The normalized spacial score (nSPS) is 10.7. The fourth-order valence-electron chi connectivity index (χ4n) is 3.10. The van der Waals surface area contributed by atoms with Gasteiger partial charge in [-0.15, -0.1) is 11.3 Å². The quantitative estimate of drug-likeness (QED) is 0.489. The largest absolute Gasteiger partial charge is 0.377 e. The topological polar surface area (TPSA) is 68.5 Å². The summed E-state index contributed by atoms with van der Waals surface area (Å²) in [6.07, 6.45) is 6.40. The number of fused-ring (bicyclic) bond motifs is 1. The Kier molecular flexibility index (Phi) is 9.52. The first kappa shape index (κ1) is 22.7. The summed E-state index contributed by atoms with van der Waals surface area (Å²) in [6.45, 7) is 8.50. The molecular weight excluding hydrogens is 356 g/mol. The number of nitrogens with zero attached hydrogens (tertiary/aromatic N) is 3. The minimum atomic E-state index is 0.385. The number of nitriles is 1. The van der Waals surface area contributed by atoms with E-state index in [4.69, 9.17) is 9.79 Å². The minimum Gasteiger partial charge on any atom is -0.377 e. The number of benzene rings is 1. The lowest BCUT2D eigenvalue weighted by Gasteiger charge is -2.16. The van der Waals surface area contributed by atoms with Crippen LogP contribution >= 0.6 is 11.3 Å². The number of carbonyl (C=O) groups is 1. The van der Waals surface area contributed by atoms with E-state index in [2.05, 4.69) is 37.1 Å². The van der Waals surface area contributed by atoms with Crippen molar-refractivity contribution in [2.24, 2.45) is 4.99 Å². The van der Waals surface area contributed by atoms with Gasteiger partial charge in [0, 0.05) is 30.0 Å². The van der Waals surface area contributed by atoms with E-state index < -0.39 is 0 Å². The number of anilines is 2. The molecule has 1 aromatic carbocycles. The molecule has 0 aliphatic heterocycles. The van der Waals surface area contributed by atoms with Gasteiger partial charge < -0.3 is 15.0 Å². The number of aryl methyl sites for hydroxylation is 1. The number of hydrogen-bond acceptors (Lipinski definition) is 5. The summed E-state index contributed by atoms with van der Waals surface area (Å²) in [7, 11) is 4.06. The first-order chi connectivity index (χ1) is 13.0. The van der Waals surface area contributed by atoms with E-state index in [1.807, 2.05) is 39.4 Å². The number of rotatable bonds is 8. The Balaban J connectivity index is 0.00000176. The Morgan fingerprint density at radius 1 is 1.30 bits per heavy atom. The second-order valence-electron chi connectivity index (χ2n) is 6.53. The molecule has 146 valence electrons. The number of nitrogens with one attached hydrogen (secondary N) is 1. The molecule has 0 aliphatic rings. The molecule has 1 N–H and O–H groups in total. The second kappa shape index (κ2) is 11.3. The van der Waals surface area contributed by atoms with Crippen LogP contribution in [0.25, 0.3) is 10.1 Å². The number of carbonyl (C=O) groups excluding carboxylic acids is 1. The van der Waals surface area contributed by atoms with Crippen molar-refractivity contribution in [2.45, 2.75) is 52.5 Å². The molecule has 0 unspecified atom stereocenters. The minimum absolute atomic E-state index is 0.385. The highest BCUT2D eigenvalue weighted by Crippen LogP contribution is 2.42. The standard InChI is InChI=1S/C20H28N4S.CH2O/c1-6-8-16(9-7-2)22-13-23-19-14(3)25-20-15(12-21)10-11-17(18(19)20)24(4)5;1-2/h10-11,13,16H,6-9H2,1-5H3,(H,22,23);1H2. The third-order valence-corrected chi connectivity index (χ3v) is 5.47. The molecule has 0 amide bonds. The fraction of sp³-hybridized carbons (Fsp3) is 0.476. The summed E-state index contributed by atoms with van der Waals surface area (Å²) in [4.78, 5) is 16.0. The number of aliphatic imine (C=N–C) groups is 1. The van der Waals surface area contributed by atoms with Gasteiger partial charge in [0.1, 0.15) is 12.9 Å². The molecule has 2 aromatic rings. The van der Waals surface area contributed by atoms with Crippen LogP contribution in [0, 0.1) is 18.3 Å². The van der Waals surface area contributed by atoms with Crippen molar-refractivity contribution in [2.75, 3.05) is 24.3 Å². The van der Waals surface area contributed by atoms with E-state index in [9.17, 15) is 5.26 Å². The maximum Gasteiger partial charge on any atom is 0.106 e. The van der Waals surface area contributed by atoms with Crippen molar-refractivity contribution in [1.29, 1.82) is 5.26 Å². The fourth-order valence-corrected chi connectivity index (χ4v) is 4.20. The maximum absolute atomic E-state index is 9.43. The summed E-state index contributed by atoms with van der Waals surface area (Å²) in [5, 5.41) is 14.0. The van der Waals surface area contributed by atoms with E-state index in [-0.39, 0.29) is 0 Å². The van der Waals surface area contributed by atoms with Crippen LogP contribution in [-0.2, 0) is 4.79 Å². The van der Waals surface area contributed by atoms with E-state index in [0.29, 0.717) is 6.04 Å². The molecule has 0 fully saturated rings. The summed E-state index contributed by atoms with van der Waals surface area (Å²) >= 11 is 1.67. The van der Waals surface area contributed by atoms with Gasteiger partial charge in [0.25, 0.3) is 0 Å². The summed E-state index contributed by atoms with van der Waals surface area (Å²) in [6, 6.07) is 6.63. The molecule has 0 aliphatic carbocycles. The van der Waals surface area contributed by atoms with E-state index >= 15 is 0 Å². The van der Waals surface area contributed by atoms with Crippen molar-refractivity contribution in [3.63, 3.8) is 0 Å². The Hall–Kier alpha value is -2.39. The van der Waals surface area contributed by atoms with Crippen LogP contribution in [0.3, 0.4) is 0 Å². The molecule has 0 saturated heterocycles. The van der Waals surface area contributed by atoms with Crippen molar-refractivity contribution >= 4 is 45.9 Å². The Labute approximate surface area is 166 Å². The average Bonchev–Trinajstić information content (AvgIpc) is 2.99. The zero-order valence-corrected chi connectivity index (χ0v) is 17.8. The predicted molar refractivity (Wildman–Crippen MR) is 118 cm³/mol. The highest BCUT2D eigenvalue weighted by atomic mass is 32.1. The molecule has 2 rings (SSSR count). The monoisotopic (exact) mass is 386 g/mol. The predicted octanol–water partition coefficient (Wildman–Crippen LogP) is 5.37. The van der Waals surface area contributed by atoms with Gasteiger partial charge in [0.15, 0.2) is 0 Å². The van der Waals surface area contributed by atoms with Gasteiger partial charge in [0.05, 0.1) is 28.3 Å². The molecule has 0 spiro atoms. The lowest BCUT2D eigenvalue weighted by atomic mass is 10.1. The van der Waals surface area contributed by atoms with Crippen molar-refractivity contribution in [1.82, 2.24) is 0 Å². The van der Waals surface area contributed by atoms with Crippen LogP contribution in [0.1, 0.15) is 50.0 Å². The van der Waals surface area contributed by atoms with Crippen LogP contribution in [0.4, 0.5) is 11.4 Å². The number of thiophene rings is 1. The first-order valence-corrected chi connectivity index (χ1v) is 10.1. The van der Waals surface area contributed by atoms with Crippen LogP contribution in [0.15, 0.2) is 17.1 Å². The van der Waals surface area contributed by atoms with Gasteiger partial charge in [0.2, 0.25) is 0 Å². The zero-order chi connectivity index (χ0) is 20.4. The van der Waals surface area contributed by atoms with Crippen LogP contribution in [0.5, 0.6) is 0 Å². The number of hydrogen-bond donors (Lipinski definition) is 1. The molecule has 0 radical (unpaired) electrons. The average molecular weight is 387 g/mol. The molecule has 0 bridgehead atoms. The zero-order valence-electron chi connectivity index (χ0n) is 17.0. The van der Waals surface area contributed by atoms with Gasteiger partial charge >= 0.3 is 0 Å². The Bertz CT molecular complexity index is 799. The third-order valence-electron chi connectivity index (χ3n) is 4.33. The first-order valence-electron chi connectivity index (χ1n) is 9.24. The van der Waals surface area contributed by atoms with Crippen LogP contribution < -0.4 is 10.2 Å². The van der Waals surface area contributed by atoms with Crippen molar-refractivity contribution < 1.29 is 4.79 Å². The molecule has 0 saturated carbocycles. The van der Waals surface area contributed by atoms with Crippen LogP contribution in [0.2, 0.25) is 0 Å². The highest BCUT2D eigenvalue weighted by molar-refractivity contribution is 7.20. The van der Waals surface area contributed by atoms with Gasteiger partial charge in [-0.1, -0.05) is 26.7 Å². The van der Waals surface area contributed by atoms with Crippen molar-refractivity contribution in [3.05, 3.63) is 22.6 Å². The Morgan fingerprint density at radius 2 is 1.93 bits per heavy atom. The molecule has 1 heterocycles. The van der Waals surface area contributed by atoms with E-state index in [1.165, 1.54) is 4.88 Å². The van der Waals surface area contributed by atoms with E-state index in [1.54, 1.807) is 11.3 Å². The Morgan fingerprint density at radius 3 is 2.44 bits per heavy atom. The lowest BCUT2D eigenvalue weighted by molar-refractivity contribution is -0.0979. The molecule has 0 atom stereocenters. The van der Waals surface area contributed by atoms with Gasteiger partial charge in [-0.3, -0.25) is 4.99 Å². The molecular formula is C21H30N4OS. The summed E-state index contributed by atoms with van der Waals surface area (Å²) in [5.74, 6) is 0. The van der Waals surface area contributed by atoms with Gasteiger partial charge in [-0.2, -0.15) is 5.26 Å². The highest BCUT2D eigenvalue weighted by Gasteiger charge is 2.16. The molecule has 5 nitrogen and oxygen atoms in total. The van der Waals surface area contributed by atoms with Crippen molar-refractivity contribution in [3.8, 4) is 6.07 Å². The van der Waals surface area contributed by atoms with Gasteiger partial charge in [-0.25, -0.2) is 0 Å². The summed E-state index contributed by atoms with van der Waals surface area (Å²) < 4.78 is 1.04. The molecule has 1 aromatic heterocycles. The summed E-state index contributed by atoms with van der Waals surface area (Å²) in [5.41, 5.74) is 2.91. The lowest BCUT2D eigenvalue weighted by Crippen LogP contribution is -2.10. The maximum atomic E-state index is 9.43. The molecule has 6 heteroatoms. The third kappa shape index (κ3) is 5.54. The van der Waals surface area contributed by atoms with E-state index in [0.717, 1.165) is 52.7 Å². The second-order valence-corrected chi connectivity index (χ2v) is 7.75. The SMILES string of the molecule is C=O.CCCC(CCC)N=CNc1c(C)sc2c(C#N)ccc(N(C)C)c12. The smallest absolute Gasteiger partial charge is 0.106 e.